The maximum atomic E-state index is 4.52. The van der Waals surface area contributed by atoms with Gasteiger partial charge in [0.1, 0.15) is 11.4 Å². The van der Waals surface area contributed by atoms with Gasteiger partial charge in [0.2, 0.25) is 0 Å². The summed E-state index contributed by atoms with van der Waals surface area (Å²) < 4.78 is 2.15. The Morgan fingerprint density at radius 1 is 1.04 bits per heavy atom. The molecule has 0 fully saturated rings. The number of aryl methyl sites for hydroxylation is 1. The Bertz CT molecular complexity index is 844. The number of rotatable bonds is 4. The third kappa shape index (κ3) is 2.82. The van der Waals surface area contributed by atoms with Crippen LogP contribution >= 0.6 is 11.8 Å². The smallest absolute Gasteiger partial charge is 0.197 e. The van der Waals surface area contributed by atoms with Crippen molar-refractivity contribution in [3.05, 3.63) is 47.9 Å². The molecule has 3 aromatic rings. The van der Waals surface area contributed by atoms with E-state index in [1.807, 2.05) is 18.2 Å². The van der Waals surface area contributed by atoms with Crippen LogP contribution in [0, 0.1) is 0 Å². The Morgan fingerprint density at radius 3 is 2.71 bits per heavy atom. The fraction of sp³-hybridized carbons (Fsp3) is 0.333. The third-order valence-electron chi connectivity index (χ3n) is 4.34. The average Bonchev–Trinajstić information content (AvgIpc) is 3.05. The van der Waals surface area contributed by atoms with E-state index in [2.05, 4.69) is 43.8 Å². The Balaban J connectivity index is 1.70. The number of hydrogen-bond donors (Lipinski definition) is 0. The van der Waals surface area contributed by atoms with Gasteiger partial charge < -0.3 is 4.57 Å². The Kier molecular flexibility index (Phi) is 4.30. The topological polar surface area (TPSA) is 56.5 Å². The maximum Gasteiger partial charge on any atom is 0.197 e. The first-order chi connectivity index (χ1) is 11.9. The number of benzene rings is 1. The molecule has 0 N–H and O–H groups in total. The summed E-state index contributed by atoms with van der Waals surface area (Å²) in [5.41, 5.74) is 3.58. The first-order valence-electron chi connectivity index (χ1n) is 8.36. The van der Waals surface area contributed by atoms with Crippen molar-refractivity contribution in [2.45, 2.75) is 49.3 Å². The highest BCUT2D eigenvalue weighted by atomic mass is 32.2. The second kappa shape index (κ2) is 6.73. The van der Waals surface area contributed by atoms with Crippen LogP contribution in [0.2, 0.25) is 0 Å². The van der Waals surface area contributed by atoms with E-state index in [0.29, 0.717) is 0 Å². The molecule has 0 saturated carbocycles. The van der Waals surface area contributed by atoms with Crippen LogP contribution in [0.5, 0.6) is 0 Å². The summed E-state index contributed by atoms with van der Waals surface area (Å²) in [6.07, 6.45) is 6.23. The van der Waals surface area contributed by atoms with Gasteiger partial charge in [-0.25, -0.2) is 9.97 Å². The van der Waals surface area contributed by atoms with Gasteiger partial charge in [-0.3, -0.25) is 0 Å². The van der Waals surface area contributed by atoms with Crippen LogP contribution in [-0.2, 0) is 19.4 Å². The molecule has 2 heterocycles. The Hall–Kier alpha value is -2.21. The molecular formula is C18H19N5S. The molecule has 122 valence electrons. The molecule has 0 spiro atoms. The average molecular weight is 337 g/mol. The lowest BCUT2D eigenvalue weighted by Gasteiger charge is -2.16. The van der Waals surface area contributed by atoms with Gasteiger partial charge in [-0.1, -0.05) is 30.3 Å². The molecule has 0 saturated heterocycles. The summed E-state index contributed by atoms with van der Waals surface area (Å²) in [5, 5.41) is 10.8. The molecule has 0 amide bonds. The van der Waals surface area contributed by atoms with Crippen LogP contribution in [0.3, 0.4) is 0 Å². The fourth-order valence-electron chi connectivity index (χ4n) is 3.12. The lowest BCUT2D eigenvalue weighted by Crippen LogP contribution is -2.08. The molecule has 0 radical (unpaired) electrons. The van der Waals surface area contributed by atoms with Crippen molar-refractivity contribution < 1.29 is 0 Å². The maximum absolute atomic E-state index is 4.52. The molecule has 4 rings (SSSR count). The predicted octanol–water partition coefficient (Wildman–Crippen LogP) is 3.79. The summed E-state index contributed by atoms with van der Waals surface area (Å²) in [6.45, 7) is 2.95. The van der Waals surface area contributed by atoms with Crippen molar-refractivity contribution in [2.24, 2.45) is 0 Å². The van der Waals surface area contributed by atoms with Crippen LogP contribution in [0.1, 0.15) is 31.0 Å². The predicted molar refractivity (Wildman–Crippen MR) is 93.9 cm³/mol. The highest BCUT2D eigenvalue weighted by molar-refractivity contribution is 7.99. The van der Waals surface area contributed by atoms with Gasteiger partial charge in [0.25, 0.3) is 0 Å². The van der Waals surface area contributed by atoms with Gasteiger partial charge in [0, 0.05) is 23.4 Å². The molecule has 1 aliphatic carbocycles. The first kappa shape index (κ1) is 15.3. The van der Waals surface area contributed by atoms with Gasteiger partial charge in [-0.15, -0.1) is 10.2 Å². The number of fused-ring (bicyclic) bond motifs is 1. The van der Waals surface area contributed by atoms with E-state index < -0.39 is 0 Å². The van der Waals surface area contributed by atoms with Crippen LogP contribution < -0.4 is 0 Å². The SMILES string of the molecule is CCn1c(Sc2ncnc3c2CCCC3)nnc1-c1ccccc1. The minimum absolute atomic E-state index is 0.826. The largest absolute Gasteiger partial charge is 0.302 e. The second-order valence-corrected chi connectivity index (χ2v) is 6.79. The zero-order chi connectivity index (χ0) is 16.4. The molecule has 6 heteroatoms. The Morgan fingerprint density at radius 2 is 1.88 bits per heavy atom. The van der Waals surface area contributed by atoms with Crippen molar-refractivity contribution in [1.82, 2.24) is 24.7 Å². The van der Waals surface area contributed by atoms with Gasteiger partial charge in [0.15, 0.2) is 11.0 Å². The minimum Gasteiger partial charge on any atom is -0.302 e. The molecule has 24 heavy (non-hydrogen) atoms. The van der Waals surface area contributed by atoms with E-state index in [1.165, 1.54) is 24.1 Å². The molecule has 1 aromatic carbocycles. The monoisotopic (exact) mass is 337 g/mol. The van der Waals surface area contributed by atoms with Crippen LogP contribution in [0.25, 0.3) is 11.4 Å². The van der Waals surface area contributed by atoms with E-state index in [-0.39, 0.29) is 0 Å². The number of nitrogens with zero attached hydrogens (tertiary/aromatic N) is 5. The lowest BCUT2D eigenvalue weighted by atomic mass is 9.98. The third-order valence-corrected chi connectivity index (χ3v) is 5.37. The van der Waals surface area contributed by atoms with Gasteiger partial charge >= 0.3 is 0 Å². The molecular weight excluding hydrogens is 318 g/mol. The molecule has 0 atom stereocenters. The van der Waals surface area contributed by atoms with E-state index in [4.69, 9.17) is 0 Å². The summed E-state index contributed by atoms with van der Waals surface area (Å²) in [5.74, 6) is 0.906. The summed E-state index contributed by atoms with van der Waals surface area (Å²) in [7, 11) is 0. The number of hydrogen-bond acceptors (Lipinski definition) is 5. The second-order valence-electron chi connectivity index (χ2n) is 5.83. The molecule has 0 unspecified atom stereocenters. The zero-order valence-corrected chi connectivity index (χ0v) is 14.5. The van der Waals surface area contributed by atoms with Gasteiger partial charge in [0.05, 0.1) is 0 Å². The zero-order valence-electron chi connectivity index (χ0n) is 13.6. The van der Waals surface area contributed by atoms with Crippen molar-refractivity contribution in [3.8, 4) is 11.4 Å². The van der Waals surface area contributed by atoms with Crippen molar-refractivity contribution in [3.63, 3.8) is 0 Å². The van der Waals surface area contributed by atoms with Crippen molar-refractivity contribution >= 4 is 11.8 Å². The van der Waals surface area contributed by atoms with E-state index in [9.17, 15) is 0 Å². The standard InChI is InChI=1S/C18H19N5S/c1-2-23-16(13-8-4-3-5-9-13)21-22-18(23)24-17-14-10-6-7-11-15(14)19-12-20-17/h3-5,8-9,12H,2,6-7,10-11H2,1H3. The molecule has 1 aliphatic rings. The lowest BCUT2D eigenvalue weighted by molar-refractivity contribution is 0.643. The fourth-order valence-corrected chi connectivity index (χ4v) is 4.14. The molecule has 0 aliphatic heterocycles. The van der Waals surface area contributed by atoms with E-state index >= 15 is 0 Å². The van der Waals surface area contributed by atoms with Crippen LogP contribution in [0.4, 0.5) is 0 Å². The van der Waals surface area contributed by atoms with E-state index in [1.54, 1.807) is 18.1 Å². The van der Waals surface area contributed by atoms with Crippen molar-refractivity contribution in [1.29, 1.82) is 0 Å². The summed E-state index contributed by atoms with van der Waals surface area (Å²) in [6, 6.07) is 10.2. The Labute approximate surface area is 145 Å². The van der Waals surface area contributed by atoms with Gasteiger partial charge in [-0.2, -0.15) is 0 Å². The molecule has 5 nitrogen and oxygen atoms in total. The van der Waals surface area contributed by atoms with Gasteiger partial charge in [-0.05, 0) is 44.4 Å². The highest BCUT2D eigenvalue weighted by Gasteiger charge is 2.19. The quantitative estimate of drug-likeness (QED) is 0.678. The van der Waals surface area contributed by atoms with E-state index in [0.717, 1.165) is 41.0 Å². The number of aromatic nitrogens is 5. The summed E-state index contributed by atoms with van der Waals surface area (Å²) >= 11 is 1.61. The summed E-state index contributed by atoms with van der Waals surface area (Å²) in [4.78, 5) is 8.97. The van der Waals surface area contributed by atoms with Crippen LogP contribution in [0.15, 0.2) is 46.8 Å². The van der Waals surface area contributed by atoms with Crippen molar-refractivity contribution in [2.75, 3.05) is 0 Å². The minimum atomic E-state index is 0.826. The molecule has 0 bridgehead atoms. The van der Waals surface area contributed by atoms with Crippen LogP contribution in [-0.4, -0.2) is 24.7 Å². The normalized spacial score (nSPS) is 13.7. The molecule has 2 aromatic heterocycles. The highest BCUT2D eigenvalue weighted by Crippen LogP contribution is 2.33. The first-order valence-corrected chi connectivity index (χ1v) is 9.17.